The van der Waals surface area contributed by atoms with Gasteiger partial charge < -0.3 is 5.11 Å². The van der Waals surface area contributed by atoms with E-state index in [1.807, 2.05) is 6.92 Å². The lowest BCUT2D eigenvalue weighted by Gasteiger charge is -2.01. The summed E-state index contributed by atoms with van der Waals surface area (Å²) in [5, 5.41) is 15.5. The molecule has 1 aromatic heterocycles. The van der Waals surface area contributed by atoms with Gasteiger partial charge in [0.1, 0.15) is 0 Å². The van der Waals surface area contributed by atoms with E-state index in [0.29, 0.717) is 17.5 Å². The maximum Gasteiger partial charge on any atom is 0.343 e. The van der Waals surface area contributed by atoms with Crippen molar-refractivity contribution in [1.29, 1.82) is 0 Å². The van der Waals surface area contributed by atoms with E-state index in [-0.39, 0.29) is 12.3 Å². The third kappa shape index (κ3) is 2.60. The van der Waals surface area contributed by atoms with Gasteiger partial charge in [-0.3, -0.25) is 4.57 Å². The van der Waals surface area contributed by atoms with Crippen molar-refractivity contribution in [3.63, 3.8) is 0 Å². The van der Waals surface area contributed by atoms with Crippen molar-refractivity contribution in [1.82, 2.24) is 14.8 Å². The van der Waals surface area contributed by atoms with Crippen molar-refractivity contribution in [2.24, 2.45) is 0 Å². The number of thioether (sulfide) groups is 1. The van der Waals surface area contributed by atoms with Gasteiger partial charge in [-0.05, 0) is 6.42 Å². The molecule has 0 aliphatic heterocycles. The molecule has 0 spiro atoms. The van der Waals surface area contributed by atoms with Gasteiger partial charge in [-0.25, -0.2) is 9.89 Å². The van der Waals surface area contributed by atoms with Crippen LogP contribution in [-0.2, 0) is 6.54 Å². The van der Waals surface area contributed by atoms with Crippen LogP contribution in [0.5, 0.6) is 0 Å². The molecule has 0 aliphatic rings. The van der Waals surface area contributed by atoms with Crippen molar-refractivity contribution in [3.05, 3.63) is 10.5 Å². The molecule has 0 fully saturated rings. The zero-order chi connectivity index (χ0) is 9.68. The molecule has 0 radical (unpaired) electrons. The van der Waals surface area contributed by atoms with Crippen LogP contribution < -0.4 is 5.69 Å². The van der Waals surface area contributed by atoms with E-state index in [1.54, 1.807) is 4.57 Å². The first-order valence-electron chi connectivity index (χ1n) is 4.18. The van der Waals surface area contributed by atoms with E-state index in [4.69, 9.17) is 5.11 Å². The molecule has 1 heterocycles. The maximum atomic E-state index is 11.2. The van der Waals surface area contributed by atoms with Gasteiger partial charge in [-0.2, -0.15) is 0 Å². The van der Waals surface area contributed by atoms with Crippen molar-refractivity contribution < 1.29 is 5.11 Å². The lowest BCUT2D eigenvalue weighted by atomic mass is 10.5. The van der Waals surface area contributed by atoms with E-state index in [2.05, 4.69) is 10.2 Å². The fourth-order valence-corrected chi connectivity index (χ4v) is 1.69. The zero-order valence-electron chi connectivity index (χ0n) is 7.49. The quantitative estimate of drug-likeness (QED) is 0.664. The number of aromatic nitrogens is 3. The third-order valence-electron chi connectivity index (χ3n) is 1.49. The molecular formula is C7H13N3O2S. The van der Waals surface area contributed by atoms with Gasteiger partial charge >= 0.3 is 5.69 Å². The molecular weight excluding hydrogens is 190 g/mol. The second kappa shape index (κ2) is 5.08. The Balaban J connectivity index is 2.74. The molecule has 0 saturated heterocycles. The Bertz CT molecular complexity index is 307. The van der Waals surface area contributed by atoms with Gasteiger partial charge in [0.15, 0.2) is 5.16 Å². The fraction of sp³-hybridized carbons (Fsp3) is 0.714. The molecule has 74 valence electrons. The minimum atomic E-state index is -0.178. The van der Waals surface area contributed by atoms with Crippen LogP contribution in [0.25, 0.3) is 0 Å². The van der Waals surface area contributed by atoms with Crippen LogP contribution in [0.4, 0.5) is 0 Å². The molecule has 13 heavy (non-hydrogen) atoms. The topological polar surface area (TPSA) is 70.9 Å². The monoisotopic (exact) mass is 203 g/mol. The summed E-state index contributed by atoms with van der Waals surface area (Å²) in [7, 11) is 0. The van der Waals surface area contributed by atoms with Gasteiger partial charge in [-0.1, -0.05) is 18.7 Å². The second-order valence-corrected chi connectivity index (χ2v) is 3.60. The maximum absolute atomic E-state index is 11.2. The van der Waals surface area contributed by atoms with Crippen LogP contribution in [0.15, 0.2) is 9.95 Å². The van der Waals surface area contributed by atoms with Crippen LogP contribution in [0.3, 0.4) is 0 Å². The summed E-state index contributed by atoms with van der Waals surface area (Å²) in [6, 6.07) is 0. The van der Waals surface area contributed by atoms with Crippen molar-refractivity contribution in [2.75, 3.05) is 12.4 Å². The predicted molar refractivity (Wildman–Crippen MR) is 50.9 cm³/mol. The molecule has 6 heteroatoms. The summed E-state index contributed by atoms with van der Waals surface area (Å²) in [6.07, 6.45) is 0.895. The summed E-state index contributed by atoms with van der Waals surface area (Å²) in [5.74, 6) is 0.563. The fourth-order valence-electron chi connectivity index (χ4n) is 0.971. The number of aliphatic hydroxyl groups excluding tert-OH is 1. The predicted octanol–water partition coefficient (Wildman–Crippen LogP) is 0.0658. The average molecular weight is 203 g/mol. The number of H-pyrrole nitrogens is 1. The van der Waals surface area contributed by atoms with Crippen molar-refractivity contribution in [3.8, 4) is 0 Å². The van der Waals surface area contributed by atoms with Crippen LogP contribution in [-0.4, -0.2) is 32.2 Å². The van der Waals surface area contributed by atoms with Crippen LogP contribution in [0.2, 0.25) is 0 Å². The highest BCUT2D eigenvalue weighted by Gasteiger charge is 2.06. The molecule has 0 bridgehead atoms. The standard InChI is InChI=1S/C7H13N3O2S/c1-2-3-10-6(12)8-9-7(10)13-5-4-11/h11H,2-5H2,1H3,(H,8,12). The first-order chi connectivity index (χ1) is 6.29. The largest absolute Gasteiger partial charge is 0.396 e. The molecule has 1 aromatic rings. The Labute approximate surface area is 80.2 Å². The number of aliphatic hydroxyl groups is 1. The zero-order valence-corrected chi connectivity index (χ0v) is 8.30. The highest BCUT2D eigenvalue weighted by Crippen LogP contribution is 2.11. The van der Waals surface area contributed by atoms with E-state index < -0.39 is 0 Å². The molecule has 5 nitrogen and oxygen atoms in total. The molecule has 2 N–H and O–H groups in total. The number of nitrogens with zero attached hydrogens (tertiary/aromatic N) is 2. The Morgan fingerprint density at radius 2 is 2.46 bits per heavy atom. The number of nitrogens with one attached hydrogen (secondary N) is 1. The minimum absolute atomic E-state index is 0.0951. The number of aromatic amines is 1. The van der Waals surface area contributed by atoms with Crippen LogP contribution in [0, 0.1) is 0 Å². The molecule has 0 saturated carbocycles. The Hall–Kier alpha value is -0.750. The summed E-state index contributed by atoms with van der Waals surface area (Å²) >= 11 is 1.38. The second-order valence-electron chi connectivity index (χ2n) is 2.54. The Morgan fingerprint density at radius 3 is 3.08 bits per heavy atom. The average Bonchev–Trinajstić information content (AvgIpc) is 2.46. The van der Waals surface area contributed by atoms with E-state index in [9.17, 15) is 4.79 Å². The van der Waals surface area contributed by atoms with Gasteiger partial charge in [0.25, 0.3) is 0 Å². The van der Waals surface area contributed by atoms with Gasteiger partial charge in [0.05, 0.1) is 6.61 Å². The van der Waals surface area contributed by atoms with Crippen molar-refractivity contribution >= 4 is 11.8 Å². The normalized spacial score (nSPS) is 10.6. The van der Waals surface area contributed by atoms with E-state index >= 15 is 0 Å². The van der Waals surface area contributed by atoms with Crippen LogP contribution in [0.1, 0.15) is 13.3 Å². The molecule has 0 aliphatic carbocycles. The first-order valence-corrected chi connectivity index (χ1v) is 5.17. The lowest BCUT2D eigenvalue weighted by molar-refractivity contribution is 0.322. The first kappa shape index (κ1) is 10.3. The minimum Gasteiger partial charge on any atom is -0.396 e. The molecule has 0 atom stereocenters. The van der Waals surface area contributed by atoms with E-state index in [1.165, 1.54) is 11.8 Å². The molecule has 1 rings (SSSR count). The Morgan fingerprint density at radius 1 is 1.69 bits per heavy atom. The molecule has 0 amide bonds. The number of hydrogen-bond acceptors (Lipinski definition) is 4. The molecule has 0 unspecified atom stereocenters. The summed E-state index contributed by atoms with van der Waals surface area (Å²) in [6.45, 7) is 2.76. The van der Waals surface area contributed by atoms with Gasteiger partial charge in [0.2, 0.25) is 0 Å². The lowest BCUT2D eigenvalue weighted by Crippen LogP contribution is -2.17. The highest BCUT2D eigenvalue weighted by molar-refractivity contribution is 7.99. The van der Waals surface area contributed by atoms with Gasteiger partial charge in [0, 0.05) is 12.3 Å². The van der Waals surface area contributed by atoms with Crippen molar-refractivity contribution in [2.45, 2.75) is 25.0 Å². The smallest absolute Gasteiger partial charge is 0.343 e. The van der Waals surface area contributed by atoms with Gasteiger partial charge in [-0.15, -0.1) is 5.10 Å². The summed E-state index contributed by atoms with van der Waals surface area (Å²) < 4.78 is 1.58. The SMILES string of the molecule is CCCn1c(SCCO)n[nH]c1=O. The van der Waals surface area contributed by atoms with E-state index in [0.717, 1.165) is 6.42 Å². The Kier molecular flexibility index (Phi) is 4.04. The number of hydrogen-bond donors (Lipinski definition) is 2. The number of rotatable bonds is 5. The molecule has 0 aromatic carbocycles. The third-order valence-corrected chi connectivity index (χ3v) is 2.45. The van der Waals surface area contributed by atoms with Crippen LogP contribution >= 0.6 is 11.8 Å². The highest BCUT2D eigenvalue weighted by atomic mass is 32.2. The summed E-state index contributed by atoms with van der Waals surface area (Å²) in [4.78, 5) is 11.2. The summed E-state index contributed by atoms with van der Waals surface area (Å²) in [5.41, 5.74) is -0.178.